The van der Waals surface area contributed by atoms with Crippen LogP contribution in [0.1, 0.15) is 5.56 Å². The van der Waals surface area contributed by atoms with Gasteiger partial charge in [0.25, 0.3) is 0 Å². The van der Waals surface area contributed by atoms with Crippen molar-refractivity contribution in [1.29, 1.82) is 5.41 Å². The highest BCUT2D eigenvalue weighted by molar-refractivity contribution is 6.68. The van der Waals surface area contributed by atoms with Crippen molar-refractivity contribution in [3.05, 3.63) is 115 Å². The van der Waals surface area contributed by atoms with E-state index in [0.717, 1.165) is 38.6 Å². The molecule has 0 bridgehead atoms. The predicted octanol–water partition coefficient (Wildman–Crippen LogP) is 7.26. The maximum atomic E-state index is 7.81. The smallest absolute Gasteiger partial charge is 0.122 e. The van der Waals surface area contributed by atoms with Crippen LogP contribution in [0.5, 0.6) is 0 Å². The molecule has 0 unspecified atom stereocenters. The molecule has 3 nitrogen and oxygen atoms in total. The van der Waals surface area contributed by atoms with Gasteiger partial charge in [0.1, 0.15) is 5.17 Å². The van der Waals surface area contributed by atoms with Crippen molar-refractivity contribution in [3.8, 4) is 11.1 Å². The van der Waals surface area contributed by atoms with Crippen LogP contribution < -0.4 is 5.43 Å². The van der Waals surface area contributed by atoms with E-state index in [1.54, 1.807) is 6.08 Å². The van der Waals surface area contributed by atoms with Gasteiger partial charge in [-0.25, -0.2) is 0 Å². The number of para-hydroxylation sites is 1. The fraction of sp³-hybridized carbons (Fsp3) is 0. The first-order valence-electron chi connectivity index (χ1n) is 10.1. The lowest BCUT2D eigenvalue weighted by Gasteiger charge is -2.15. The third kappa shape index (κ3) is 3.72. The summed E-state index contributed by atoms with van der Waals surface area (Å²) in [5, 5.41) is 10.1. The lowest BCUT2D eigenvalue weighted by Crippen LogP contribution is -2.14. The molecule has 0 radical (unpaired) electrons. The average Bonchev–Trinajstić information content (AvgIpc) is 3.12. The van der Waals surface area contributed by atoms with Crippen LogP contribution in [0.15, 0.2) is 109 Å². The van der Waals surface area contributed by atoms with Gasteiger partial charge in [-0.1, -0.05) is 103 Å². The van der Waals surface area contributed by atoms with Gasteiger partial charge in [-0.15, -0.1) is 0 Å². The molecule has 4 heteroatoms. The number of allylic oxidation sites excluding steroid dienone is 1. The summed E-state index contributed by atoms with van der Waals surface area (Å²) in [5.74, 6) is 0. The van der Waals surface area contributed by atoms with Crippen molar-refractivity contribution < 1.29 is 0 Å². The van der Waals surface area contributed by atoms with Gasteiger partial charge in [-0.3, -0.25) is 15.5 Å². The predicted molar refractivity (Wildman–Crippen MR) is 132 cm³/mol. The summed E-state index contributed by atoms with van der Waals surface area (Å²) in [6.07, 6.45) is 1.64. The summed E-state index contributed by atoms with van der Waals surface area (Å²) in [6.45, 7) is 0. The Hall–Kier alpha value is -3.82. The number of fused-ring (bicyclic) bond motifs is 3. The molecule has 2 N–H and O–H groups in total. The fourth-order valence-electron chi connectivity index (χ4n) is 3.95. The minimum atomic E-state index is -0.0305. The van der Waals surface area contributed by atoms with Crippen LogP contribution >= 0.6 is 11.6 Å². The second-order valence-electron chi connectivity index (χ2n) is 7.33. The summed E-state index contributed by atoms with van der Waals surface area (Å²) in [4.78, 5) is 0. The zero-order valence-electron chi connectivity index (χ0n) is 16.7. The molecule has 4 aromatic carbocycles. The molecule has 0 aliphatic rings. The van der Waals surface area contributed by atoms with E-state index in [2.05, 4.69) is 70.8 Å². The maximum Gasteiger partial charge on any atom is 0.122 e. The number of halogens is 1. The van der Waals surface area contributed by atoms with Crippen molar-refractivity contribution >= 4 is 44.3 Å². The Labute approximate surface area is 185 Å². The third-order valence-corrected chi connectivity index (χ3v) is 5.48. The Kier molecular flexibility index (Phi) is 5.03. The normalized spacial score (nSPS) is 11.7. The molecule has 0 saturated heterocycles. The van der Waals surface area contributed by atoms with Gasteiger partial charge < -0.3 is 0 Å². The molecular formula is C27H20ClN3. The second-order valence-corrected chi connectivity index (χ2v) is 7.74. The van der Waals surface area contributed by atoms with Gasteiger partial charge in [0, 0.05) is 16.8 Å². The molecule has 1 heterocycles. The zero-order valence-corrected chi connectivity index (χ0v) is 17.5. The molecule has 1 aromatic heterocycles. The van der Waals surface area contributed by atoms with Crippen LogP contribution in [0.25, 0.3) is 38.6 Å². The highest BCUT2D eigenvalue weighted by Gasteiger charge is 2.13. The standard InChI is InChI=1S/C27H20ClN3/c28-27(29)18-24(20-11-5-2-6-12-20)30-31-25-14-8-7-13-22(25)23-16-15-21(17-26(23)31)19-9-3-1-4-10-19/h1-18,29-30H/b24-18-,29-27?. The molecule has 5 aromatic rings. The quantitative estimate of drug-likeness (QED) is 0.288. The Morgan fingerprint density at radius 2 is 1.35 bits per heavy atom. The van der Waals surface area contributed by atoms with E-state index < -0.39 is 0 Å². The van der Waals surface area contributed by atoms with Crippen LogP contribution in [-0.4, -0.2) is 9.85 Å². The molecule has 150 valence electrons. The number of rotatable bonds is 5. The summed E-state index contributed by atoms with van der Waals surface area (Å²) < 4.78 is 2.08. The molecule has 0 aliphatic carbocycles. The van der Waals surface area contributed by atoms with E-state index in [1.807, 2.05) is 42.5 Å². The van der Waals surface area contributed by atoms with Crippen LogP contribution in [-0.2, 0) is 0 Å². The van der Waals surface area contributed by atoms with Crippen molar-refractivity contribution in [2.24, 2.45) is 0 Å². The van der Waals surface area contributed by atoms with Gasteiger partial charge in [-0.05, 0) is 28.8 Å². The zero-order chi connectivity index (χ0) is 21.2. The lowest BCUT2D eigenvalue weighted by atomic mass is 10.0. The Bertz CT molecular complexity index is 1420. The monoisotopic (exact) mass is 421 g/mol. The molecule has 0 spiro atoms. The Morgan fingerprint density at radius 3 is 2.10 bits per heavy atom. The van der Waals surface area contributed by atoms with Crippen LogP contribution in [0.4, 0.5) is 0 Å². The van der Waals surface area contributed by atoms with E-state index in [1.165, 1.54) is 5.56 Å². The van der Waals surface area contributed by atoms with E-state index in [4.69, 9.17) is 17.0 Å². The Morgan fingerprint density at radius 1 is 0.710 bits per heavy atom. The summed E-state index contributed by atoms with van der Waals surface area (Å²) in [7, 11) is 0. The number of nitrogens with zero attached hydrogens (tertiary/aromatic N) is 1. The van der Waals surface area contributed by atoms with Crippen molar-refractivity contribution in [1.82, 2.24) is 4.68 Å². The van der Waals surface area contributed by atoms with Crippen molar-refractivity contribution in [3.63, 3.8) is 0 Å². The van der Waals surface area contributed by atoms with Gasteiger partial charge in [0.2, 0.25) is 0 Å². The highest BCUT2D eigenvalue weighted by atomic mass is 35.5. The number of nitrogens with one attached hydrogen (secondary N) is 2. The van der Waals surface area contributed by atoms with Crippen LogP contribution in [0, 0.1) is 5.41 Å². The van der Waals surface area contributed by atoms with E-state index in [9.17, 15) is 0 Å². The van der Waals surface area contributed by atoms with Gasteiger partial charge >= 0.3 is 0 Å². The topological polar surface area (TPSA) is 40.8 Å². The van der Waals surface area contributed by atoms with Gasteiger partial charge in [-0.2, -0.15) is 0 Å². The maximum absolute atomic E-state index is 7.81. The van der Waals surface area contributed by atoms with Crippen molar-refractivity contribution in [2.75, 3.05) is 5.43 Å². The number of aromatic nitrogens is 1. The molecule has 31 heavy (non-hydrogen) atoms. The van der Waals surface area contributed by atoms with Gasteiger partial charge in [0.05, 0.1) is 16.7 Å². The Balaban J connectivity index is 1.73. The molecule has 0 atom stereocenters. The van der Waals surface area contributed by atoms with E-state index >= 15 is 0 Å². The number of hydrogen-bond donors (Lipinski definition) is 2. The first-order valence-corrected chi connectivity index (χ1v) is 10.5. The van der Waals surface area contributed by atoms with Crippen LogP contribution in [0.2, 0.25) is 0 Å². The molecular weight excluding hydrogens is 402 g/mol. The SMILES string of the molecule is N=C(Cl)/C=C(\Nn1c2ccccc2c2ccc(-c3ccccc3)cc21)c1ccccc1. The summed E-state index contributed by atoms with van der Waals surface area (Å²) >= 11 is 5.96. The van der Waals surface area contributed by atoms with E-state index in [-0.39, 0.29) is 5.17 Å². The highest BCUT2D eigenvalue weighted by Crippen LogP contribution is 2.32. The third-order valence-electron chi connectivity index (χ3n) is 5.37. The minimum Gasteiger partial charge on any atom is -0.293 e. The average molecular weight is 422 g/mol. The minimum absolute atomic E-state index is 0.0305. The lowest BCUT2D eigenvalue weighted by molar-refractivity contribution is 1.06. The number of benzene rings is 4. The molecule has 0 saturated carbocycles. The number of hydrogen-bond acceptors (Lipinski definition) is 2. The fourth-order valence-corrected chi connectivity index (χ4v) is 4.06. The largest absolute Gasteiger partial charge is 0.293 e. The molecule has 0 aliphatic heterocycles. The van der Waals surface area contributed by atoms with Crippen molar-refractivity contribution in [2.45, 2.75) is 0 Å². The molecule has 5 rings (SSSR count). The summed E-state index contributed by atoms with van der Waals surface area (Å²) in [5.41, 5.74) is 9.68. The first kappa shape index (κ1) is 19.2. The van der Waals surface area contributed by atoms with Gasteiger partial charge in [0.15, 0.2) is 0 Å². The molecule has 0 fully saturated rings. The van der Waals surface area contributed by atoms with Crippen LogP contribution in [0.3, 0.4) is 0 Å². The second kappa shape index (κ2) is 8.13. The molecule has 0 amide bonds. The summed E-state index contributed by atoms with van der Waals surface area (Å²) in [6, 6.07) is 35.1. The van der Waals surface area contributed by atoms with E-state index in [0.29, 0.717) is 0 Å². The first-order chi connectivity index (χ1) is 15.2.